The average molecular weight is 278 g/mol. The lowest BCUT2D eigenvalue weighted by molar-refractivity contribution is -0.148. The fraction of sp³-hybridized carbons (Fsp3) is 0.583. The van der Waals surface area contributed by atoms with Gasteiger partial charge in [0.05, 0.1) is 11.6 Å². The van der Waals surface area contributed by atoms with Gasteiger partial charge in [-0.05, 0) is 21.0 Å². The van der Waals surface area contributed by atoms with Gasteiger partial charge in [0.25, 0.3) is 0 Å². The predicted octanol–water partition coefficient (Wildman–Crippen LogP) is 1.82. The molecule has 0 saturated carbocycles. The van der Waals surface area contributed by atoms with Crippen molar-refractivity contribution in [3.05, 3.63) is 27.7 Å². The van der Waals surface area contributed by atoms with Gasteiger partial charge < -0.3 is 14.6 Å². The van der Waals surface area contributed by atoms with Crippen LogP contribution in [0.15, 0.2) is 10.9 Å². The molecule has 1 heterocycles. The second-order valence-corrected chi connectivity index (χ2v) is 4.79. The normalized spacial score (nSPS) is 13.9. The topological polar surface area (TPSA) is 45.5 Å². The molecule has 0 aliphatic rings. The number of hydrogen-bond donors (Lipinski definition) is 1. The van der Waals surface area contributed by atoms with E-state index in [4.69, 9.17) is 0 Å². The van der Waals surface area contributed by atoms with E-state index in [1.165, 1.54) is 11.6 Å². The van der Waals surface area contributed by atoms with E-state index in [1.54, 1.807) is 19.0 Å². The summed E-state index contributed by atoms with van der Waals surface area (Å²) in [5.41, 5.74) is -0.781. The number of rotatable bonds is 3. The highest BCUT2D eigenvalue weighted by Crippen LogP contribution is 2.37. The third-order valence-electron chi connectivity index (χ3n) is 2.95. The summed E-state index contributed by atoms with van der Waals surface area (Å²) in [5.74, 6) is -2.75. The molecule has 0 radical (unpaired) electrons. The summed E-state index contributed by atoms with van der Waals surface area (Å²) in [6.07, 6.45) is -4.52. The standard InChI is InChI=1S/C12H17F3N2O2/c1-7(12(13,14)15)10-11(19)9(18)5-8(17(10)4)6-16(2)3/h5,7,19H,6H2,1-4H3. The van der Waals surface area contributed by atoms with Crippen LogP contribution in [0.2, 0.25) is 0 Å². The summed E-state index contributed by atoms with van der Waals surface area (Å²) in [6.45, 7) is 1.23. The van der Waals surface area contributed by atoms with E-state index in [9.17, 15) is 23.1 Å². The summed E-state index contributed by atoms with van der Waals surface area (Å²) in [5, 5.41) is 9.62. The zero-order valence-electron chi connectivity index (χ0n) is 11.2. The molecule has 1 aromatic rings. The van der Waals surface area contributed by atoms with Crippen molar-refractivity contribution < 1.29 is 18.3 Å². The predicted molar refractivity (Wildman–Crippen MR) is 65.2 cm³/mol. The Bertz CT molecular complexity index is 521. The molecule has 108 valence electrons. The van der Waals surface area contributed by atoms with Crippen LogP contribution in [0.4, 0.5) is 13.2 Å². The van der Waals surface area contributed by atoms with Crippen LogP contribution in [0, 0.1) is 0 Å². The fourth-order valence-corrected chi connectivity index (χ4v) is 1.88. The minimum absolute atomic E-state index is 0.309. The maximum atomic E-state index is 12.8. The van der Waals surface area contributed by atoms with Crippen molar-refractivity contribution in [2.24, 2.45) is 7.05 Å². The maximum absolute atomic E-state index is 12.8. The molecule has 1 rings (SSSR count). The molecular weight excluding hydrogens is 261 g/mol. The van der Waals surface area contributed by atoms with E-state index in [1.807, 2.05) is 0 Å². The molecule has 4 nitrogen and oxygen atoms in total. The first-order chi connectivity index (χ1) is 8.55. The van der Waals surface area contributed by atoms with Gasteiger partial charge in [-0.25, -0.2) is 0 Å². The number of aromatic hydroxyl groups is 1. The maximum Gasteiger partial charge on any atom is 0.397 e. The number of nitrogens with zero attached hydrogens (tertiary/aromatic N) is 2. The fourth-order valence-electron chi connectivity index (χ4n) is 1.88. The summed E-state index contributed by atoms with van der Waals surface area (Å²) in [4.78, 5) is 13.3. The van der Waals surface area contributed by atoms with Gasteiger partial charge in [-0.2, -0.15) is 13.2 Å². The molecule has 19 heavy (non-hydrogen) atoms. The van der Waals surface area contributed by atoms with E-state index in [0.29, 0.717) is 12.2 Å². The molecule has 1 aromatic heterocycles. The van der Waals surface area contributed by atoms with Crippen LogP contribution in [-0.2, 0) is 13.6 Å². The zero-order chi connectivity index (χ0) is 15.0. The number of aromatic nitrogens is 1. The molecule has 1 unspecified atom stereocenters. The van der Waals surface area contributed by atoms with Gasteiger partial charge >= 0.3 is 6.18 Å². The van der Waals surface area contributed by atoms with Crippen molar-refractivity contribution in [3.63, 3.8) is 0 Å². The monoisotopic (exact) mass is 278 g/mol. The van der Waals surface area contributed by atoms with Crippen molar-refractivity contribution in [2.75, 3.05) is 14.1 Å². The largest absolute Gasteiger partial charge is 0.503 e. The Morgan fingerprint density at radius 1 is 1.42 bits per heavy atom. The van der Waals surface area contributed by atoms with Crippen LogP contribution in [0.3, 0.4) is 0 Å². The third-order valence-corrected chi connectivity index (χ3v) is 2.95. The summed E-state index contributed by atoms with van der Waals surface area (Å²) >= 11 is 0. The minimum atomic E-state index is -4.52. The molecule has 0 bridgehead atoms. The Hall–Kier alpha value is -1.50. The third kappa shape index (κ3) is 3.28. The van der Waals surface area contributed by atoms with Crippen LogP contribution in [0.5, 0.6) is 5.75 Å². The van der Waals surface area contributed by atoms with Gasteiger partial charge in [0, 0.05) is 25.4 Å². The van der Waals surface area contributed by atoms with Crippen LogP contribution in [0.25, 0.3) is 0 Å². The van der Waals surface area contributed by atoms with Crippen LogP contribution in [-0.4, -0.2) is 34.8 Å². The lowest BCUT2D eigenvalue weighted by atomic mass is 10.0. The Labute approximate surface area is 109 Å². The first-order valence-electron chi connectivity index (χ1n) is 5.69. The van der Waals surface area contributed by atoms with Crippen molar-refractivity contribution in [1.29, 1.82) is 0 Å². The minimum Gasteiger partial charge on any atom is -0.503 e. The van der Waals surface area contributed by atoms with Gasteiger partial charge in [0.15, 0.2) is 5.75 Å². The van der Waals surface area contributed by atoms with Crippen molar-refractivity contribution in [3.8, 4) is 5.75 Å². The summed E-state index contributed by atoms with van der Waals surface area (Å²) in [6, 6.07) is 1.15. The molecular formula is C12H17F3N2O2. The average Bonchev–Trinajstić information content (AvgIpc) is 2.24. The molecule has 7 heteroatoms. The Morgan fingerprint density at radius 2 is 1.95 bits per heavy atom. The highest BCUT2D eigenvalue weighted by molar-refractivity contribution is 5.33. The molecule has 1 N–H and O–H groups in total. The van der Waals surface area contributed by atoms with E-state index in [-0.39, 0.29) is 0 Å². The van der Waals surface area contributed by atoms with E-state index in [0.717, 1.165) is 13.0 Å². The van der Waals surface area contributed by atoms with Crippen LogP contribution < -0.4 is 5.43 Å². The number of hydrogen-bond acceptors (Lipinski definition) is 3. The Kier molecular flexibility index (Phi) is 4.29. The highest BCUT2D eigenvalue weighted by Gasteiger charge is 2.40. The molecule has 0 aliphatic carbocycles. The zero-order valence-corrected chi connectivity index (χ0v) is 11.2. The lowest BCUT2D eigenvalue weighted by Crippen LogP contribution is -2.27. The summed E-state index contributed by atoms with van der Waals surface area (Å²) in [7, 11) is 4.89. The second-order valence-electron chi connectivity index (χ2n) is 4.79. The van der Waals surface area contributed by atoms with Crippen molar-refractivity contribution >= 4 is 0 Å². The molecule has 0 spiro atoms. The molecule has 0 amide bonds. The smallest absolute Gasteiger partial charge is 0.397 e. The number of halogens is 3. The molecule has 0 aliphatic heterocycles. The molecule has 0 aromatic carbocycles. The second kappa shape index (κ2) is 5.24. The number of pyridine rings is 1. The Morgan fingerprint density at radius 3 is 2.37 bits per heavy atom. The van der Waals surface area contributed by atoms with Gasteiger partial charge in [-0.15, -0.1) is 0 Å². The van der Waals surface area contributed by atoms with E-state index >= 15 is 0 Å². The Balaban J connectivity index is 3.46. The number of alkyl halides is 3. The van der Waals surface area contributed by atoms with Crippen LogP contribution >= 0.6 is 0 Å². The quantitative estimate of drug-likeness (QED) is 0.917. The molecule has 0 fully saturated rings. The van der Waals surface area contributed by atoms with Crippen LogP contribution in [0.1, 0.15) is 24.2 Å². The van der Waals surface area contributed by atoms with E-state index in [2.05, 4.69) is 0 Å². The lowest BCUT2D eigenvalue weighted by Gasteiger charge is -2.23. The summed E-state index contributed by atoms with van der Waals surface area (Å²) < 4.78 is 39.6. The SMILES string of the molecule is CC(c1c(O)c(=O)cc(CN(C)C)n1C)C(F)(F)F. The van der Waals surface area contributed by atoms with Crippen molar-refractivity contribution in [1.82, 2.24) is 9.47 Å². The highest BCUT2D eigenvalue weighted by atomic mass is 19.4. The first-order valence-corrected chi connectivity index (χ1v) is 5.69. The van der Waals surface area contributed by atoms with Gasteiger partial charge in [0.1, 0.15) is 0 Å². The van der Waals surface area contributed by atoms with E-state index < -0.39 is 29.0 Å². The molecule has 0 saturated heterocycles. The van der Waals surface area contributed by atoms with Gasteiger partial charge in [0.2, 0.25) is 5.43 Å². The van der Waals surface area contributed by atoms with Crippen molar-refractivity contribution in [2.45, 2.75) is 25.6 Å². The molecule has 1 atom stereocenters. The van der Waals surface area contributed by atoms with Gasteiger partial charge in [-0.1, -0.05) is 0 Å². The van der Waals surface area contributed by atoms with Gasteiger partial charge in [-0.3, -0.25) is 4.79 Å². The first kappa shape index (κ1) is 15.6.